The van der Waals surface area contributed by atoms with Gasteiger partial charge in [0.25, 0.3) is 0 Å². The molecule has 0 heterocycles. The van der Waals surface area contributed by atoms with E-state index >= 15 is 0 Å². The van der Waals surface area contributed by atoms with E-state index in [1.54, 1.807) is 26.4 Å². The Labute approximate surface area is 85.4 Å². The van der Waals surface area contributed by atoms with E-state index < -0.39 is 0 Å². The lowest BCUT2D eigenvalue weighted by Crippen LogP contribution is -1.96. The SMILES string of the molecule is COc1cc(Br)cc(OC)c1CO. The van der Waals surface area contributed by atoms with Crippen LogP contribution in [0, 0.1) is 0 Å². The van der Waals surface area contributed by atoms with Crippen LogP contribution in [0.4, 0.5) is 0 Å². The molecule has 0 aliphatic heterocycles. The Morgan fingerprint density at radius 2 is 1.69 bits per heavy atom. The van der Waals surface area contributed by atoms with Gasteiger partial charge in [0.1, 0.15) is 11.5 Å². The number of aliphatic hydroxyl groups is 1. The molecule has 0 bridgehead atoms. The van der Waals surface area contributed by atoms with E-state index in [-0.39, 0.29) is 6.61 Å². The lowest BCUT2D eigenvalue weighted by Gasteiger charge is -2.11. The van der Waals surface area contributed by atoms with Gasteiger partial charge < -0.3 is 14.6 Å². The first-order valence-corrected chi connectivity index (χ1v) is 4.53. The predicted octanol–water partition coefficient (Wildman–Crippen LogP) is 1.96. The molecule has 0 saturated heterocycles. The number of hydrogen-bond acceptors (Lipinski definition) is 3. The topological polar surface area (TPSA) is 38.7 Å². The fourth-order valence-electron chi connectivity index (χ4n) is 1.11. The molecule has 0 aromatic heterocycles. The summed E-state index contributed by atoms with van der Waals surface area (Å²) in [5, 5.41) is 9.08. The predicted molar refractivity (Wildman–Crippen MR) is 53.2 cm³/mol. The molecule has 0 unspecified atom stereocenters. The molecule has 0 aliphatic rings. The minimum atomic E-state index is -0.0976. The van der Waals surface area contributed by atoms with Crippen LogP contribution in [0.25, 0.3) is 0 Å². The summed E-state index contributed by atoms with van der Waals surface area (Å²) in [6.45, 7) is -0.0976. The van der Waals surface area contributed by atoms with Crippen molar-refractivity contribution < 1.29 is 14.6 Å². The standard InChI is InChI=1S/C9H11BrO3/c1-12-8-3-6(10)4-9(13-2)7(8)5-11/h3-4,11H,5H2,1-2H3. The molecule has 0 amide bonds. The Morgan fingerprint density at radius 3 is 2.00 bits per heavy atom. The van der Waals surface area contributed by atoms with Crippen LogP contribution in [0.1, 0.15) is 5.56 Å². The number of aliphatic hydroxyl groups excluding tert-OH is 1. The van der Waals surface area contributed by atoms with Crippen LogP contribution in [-0.2, 0) is 6.61 Å². The summed E-state index contributed by atoms with van der Waals surface area (Å²) < 4.78 is 11.0. The zero-order valence-electron chi connectivity index (χ0n) is 7.50. The van der Waals surface area contributed by atoms with Crippen molar-refractivity contribution in [3.8, 4) is 11.5 Å². The molecule has 0 radical (unpaired) electrons. The highest BCUT2D eigenvalue weighted by Crippen LogP contribution is 2.32. The molecule has 1 rings (SSSR count). The van der Waals surface area contributed by atoms with E-state index in [0.29, 0.717) is 17.1 Å². The minimum absolute atomic E-state index is 0.0976. The number of benzene rings is 1. The second kappa shape index (κ2) is 4.48. The molecular weight excluding hydrogens is 236 g/mol. The van der Waals surface area contributed by atoms with Gasteiger partial charge in [-0.05, 0) is 12.1 Å². The van der Waals surface area contributed by atoms with Crippen LogP contribution in [0.5, 0.6) is 11.5 Å². The quantitative estimate of drug-likeness (QED) is 0.887. The Hall–Kier alpha value is -0.740. The van der Waals surface area contributed by atoms with Crippen molar-refractivity contribution in [2.75, 3.05) is 14.2 Å². The second-order valence-corrected chi connectivity index (χ2v) is 3.36. The number of halogens is 1. The summed E-state index contributed by atoms with van der Waals surface area (Å²) in [6.07, 6.45) is 0. The van der Waals surface area contributed by atoms with Gasteiger partial charge in [-0.1, -0.05) is 15.9 Å². The van der Waals surface area contributed by atoms with Gasteiger partial charge in [-0.3, -0.25) is 0 Å². The van der Waals surface area contributed by atoms with Gasteiger partial charge in [0.15, 0.2) is 0 Å². The maximum atomic E-state index is 9.08. The monoisotopic (exact) mass is 246 g/mol. The Balaban J connectivity index is 3.25. The first kappa shape index (κ1) is 10.3. The van der Waals surface area contributed by atoms with Gasteiger partial charge in [-0.15, -0.1) is 0 Å². The third-order valence-corrected chi connectivity index (χ3v) is 2.19. The first-order chi connectivity index (χ1) is 6.22. The maximum absolute atomic E-state index is 9.08. The van der Waals surface area contributed by atoms with E-state index in [0.717, 1.165) is 4.47 Å². The Morgan fingerprint density at radius 1 is 1.23 bits per heavy atom. The highest BCUT2D eigenvalue weighted by Gasteiger charge is 2.09. The molecule has 1 aromatic rings. The molecule has 0 saturated carbocycles. The third-order valence-electron chi connectivity index (χ3n) is 1.73. The average molecular weight is 247 g/mol. The fraction of sp³-hybridized carbons (Fsp3) is 0.333. The lowest BCUT2D eigenvalue weighted by molar-refractivity contribution is 0.265. The number of methoxy groups -OCH3 is 2. The molecule has 0 fully saturated rings. The van der Waals surface area contributed by atoms with E-state index in [4.69, 9.17) is 14.6 Å². The number of hydrogen-bond donors (Lipinski definition) is 1. The van der Waals surface area contributed by atoms with Crippen molar-refractivity contribution >= 4 is 15.9 Å². The van der Waals surface area contributed by atoms with Crippen molar-refractivity contribution in [1.29, 1.82) is 0 Å². The van der Waals surface area contributed by atoms with Crippen molar-refractivity contribution in [1.82, 2.24) is 0 Å². The van der Waals surface area contributed by atoms with Gasteiger partial charge in [0, 0.05) is 4.47 Å². The summed E-state index contributed by atoms with van der Waals surface area (Å²) in [7, 11) is 3.11. The zero-order chi connectivity index (χ0) is 9.84. The van der Waals surface area contributed by atoms with Gasteiger partial charge in [0.05, 0.1) is 26.4 Å². The van der Waals surface area contributed by atoms with Crippen LogP contribution < -0.4 is 9.47 Å². The fourth-order valence-corrected chi connectivity index (χ4v) is 1.52. The highest BCUT2D eigenvalue weighted by molar-refractivity contribution is 9.10. The second-order valence-electron chi connectivity index (χ2n) is 2.45. The van der Waals surface area contributed by atoms with Gasteiger partial charge >= 0.3 is 0 Å². The summed E-state index contributed by atoms with van der Waals surface area (Å²) in [5.74, 6) is 1.24. The van der Waals surface area contributed by atoms with Crippen LogP contribution in [0.2, 0.25) is 0 Å². The molecule has 0 atom stereocenters. The smallest absolute Gasteiger partial charge is 0.129 e. The van der Waals surface area contributed by atoms with Crippen molar-refractivity contribution in [2.45, 2.75) is 6.61 Å². The molecule has 0 spiro atoms. The van der Waals surface area contributed by atoms with Gasteiger partial charge in [0.2, 0.25) is 0 Å². The maximum Gasteiger partial charge on any atom is 0.129 e. The molecule has 1 N–H and O–H groups in total. The summed E-state index contributed by atoms with van der Waals surface area (Å²) in [6, 6.07) is 3.57. The summed E-state index contributed by atoms with van der Waals surface area (Å²) in [4.78, 5) is 0. The molecule has 72 valence electrons. The molecular formula is C9H11BrO3. The molecule has 4 heteroatoms. The van der Waals surface area contributed by atoms with Gasteiger partial charge in [-0.2, -0.15) is 0 Å². The number of ether oxygens (including phenoxy) is 2. The largest absolute Gasteiger partial charge is 0.496 e. The normalized spacial score (nSPS) is 9.85. The van der Waals surface area contributed by atoms with E-state index in [9.17, 15) is 0 Å². The van der Waals surface area contributed by atoms with Crippen LogP contribution >= 0.6 is 15.9 Å². The summed E-state index contributed by atoms with van der Waals surface area (Å²) >= 11 is 3.32. The minimum Gasteiger partial charge on any atom is -0.496 e. The average Bonchev–Trinajstić information content (AvgIpc) is 2.16. The molecule has 0 aliphatic carbocycles. The van der Waals surface area contributed by atoms with Crippen LogP contribution in [0.15, 0.2) is 16.6 Å². The van der Waals surface area contributed by atoms with Crippen LogP contribution in [-0.4, -0.2) is 19.3 Å². The van der Waals surface area contributed by atoms with Crippen LogP contribution in [0.3, 0.4) is 0 Å². The van der Waals surface area contributed by atoms with Gasteiger partial charge in [-0.25, -0.2) is 0 Å². The van der Waals surface area contributed by atoms with E-state index in [1.807, 2.05) is 0 Å². The summed E-state index contributed by atoms with van der Waals surface area (Å²) in [5.41, 5.74) is 0.660. The van der Waals surface area contributed by atoms with E-state index in [1.165, 1.54) is 0 Å². The Bertz CT molecular complexity index is 274. The first-order valence-electron chi connectivity index (χ1n) is 3.74. The molecule has 1 aromatic carbocycles. The number of rotatable bonds is 3. The molecule has 13 heavy (non-hydrogen) atoms. The zero-order valence-corrected chi connectivity index (χ0v) is 9.09. The van der Waals surface area contributed by atoms with Crippen molar-refractivity contribution in [2.24, 2.45) is 0 Å². The molecule has 3 nitrogen and oxygen atoms in total. The van der Waals surface area contributed by atoms with Crippen molar-refractivity contribution in [3.05, 3.63) is 22.2 Å². The highest BCUT2D eigenvalue weighted by atomic mass is 79.9. The third kappa shape index (κ3) is 2.14. The van der Waals surface area contributed by atoms with E-state index in [2.05, 4.69) is 15.9 Å². The van der Waals surface area contributed by atoms with Crippen molar-refractivity contribution in [3.63, 3.8) is 0 Å². The Kier molecular flexibility index (Phi) is 3.57. The lowest BCUT2D eigenvalue weighted by atomic mass is 10.2.